The van der Waals surface area contributed by atoms with Crippen LogP contribution in [0.5, 0.6) is 0 Å². The largest absolute Gasteiger partial charge is 0.471 e. The Morgan fingerprint density at radius 3 is 1.10 bits per heavy atom. The Hall–Kier alpha value is -1.11. The molecule has 0 spiro atoms. The third-order valence-corrected chi connectivity index (χ3v) is 9.75. The lowest BCUT2D eigenvalue weighted by molar-refractivity contribution is -0.874. The maximum atomic E-state index is 13.6. The number of rotatable bonds is 36. The van der Waals surface area contributed by atoms with Crippen molar-refractivity contribution >= 4 is 19.4 Å². The summed E-state index contributed by atoms with van der Waals surface area (Å²) in [6.45, 7) is 4.39. The van der Waals surface area contributed by atoms with Crippen molar-refractivity contribution in [2.45, 2.75) is 199 Å². The van der Waals surface area contributed by atoms with Crippen LogP contribution in [0, 0.1) is 0 Å². The Bertz CT molecular complexity index is 867. The number of likely N-dealkylation sites (N-methyl/N-ethyl adjacent to an activating group) is 1. The number of hydrogen-bond donors (Lipinski definition) is 2. The standard InChI is InChI=1S/C41H78NO6P/c1-6-8-10-12-14-16-18-20-22-24-26-28-30-32-34-36-39(43)41(38-42(3,4)5,48-49(45,46)47)40(44)37-35-33-31-29-27-25-23-21-19-17-15-13-11-9-7-2/h20-23H,6-19,24-38H2,1-5H3,(H-,45,46,47)/p+1. The molecule has 0 saturated carbocycles. The van der Waals surface area contributed by atoms with Gasteiger partial charge in [0, 0.05) is 12.8 Å². The second-order valence-electron chi connectivity index (χ2n) is 15.4. The predicted octanol–water partition coefficient (Wildman–Crippen LogP) is 11.8. The van der Waals surface area contributed by atoms with Crippen molar-refractivity contribution in [2.24, 2.45) is 0 Å². The van der Waals surface area contributed by atoms with E-state index in [0.717, 1.165) is 77.0 Å². The number of nitrogens with zero attached hydrogens (tertiary/aromatic N) is 1. The Kier molecular flexibility index (Phi) is 29.8. The molecule has 0 aliphatic rings. The van der Waals surface area contributed by atoms with Crippen LogP contribution >= 0.6 is 7.82 Å². The van der Waals surface area contributed by atoms with Gasteiger partial charge >= 0.3 is 7.82 Å². The van der Waals surface area contributed by atoms with Crippen LogP contribution < -0.4 is 0 Å². The summed E-state index contributed by atoms with van der Waals surface area (Å²) in [6.07, 6.45) is 38.9. The normalized spacial score (nSPS) is 13.9. The Labute approximate surface area is 303 Å². The molecule has 7 nitrogen and oxygen atoms in total. The summed E-state index contributed by atoms with van der Waals surface area (Å²) in [5, 5.41) is 0. The molecule has 0 unspecified atom stereocenters. The second-order valence-corrected chi connectivity index (χ2v) is 16.5. The molecule has 0 fully saturated rings. The third kappa shape index (κ3) is 29.2. The lowest BCUT2D eigenvalue weighted by atomic mass is 9.86. The summed E-state index contributed by atoms with van der Waals surface area (Å²) in [7, 11) is 0.329. The Balaban J connectivity index is 4.63. The molecule has 0 aromatic carbocycles. The first-order chi connectivity index (χ1) is 23.4. The minimum Gasteiger partial charge on any atom is -0.328 e. The first-order valence-corrected chi connectivity index (χ1v) is 21.8. The highest BCUT2D eigenvalue weighted by Crippen LogP contribution is 2.44. The zero-order valence-corrected chi connectivity index (χ0v) is 33.6. The third-order valence-electron chi connectivity index (χ3n) is 9.20. The highest BCUT2D eigenvalue weighted by Gasteiger charge is 2.53. The molecule has 0 radical (unpaired) electrons. The maximum absolute atomic E-state index is 13.6. The fourth-order valence-electron chi connectivity index (χ4n) is 6.45. The van der Waals surface area contributed by atoms with Crippen molar-refractivity contribution in [2.75, 3.05) is 27.7 Å². The molecular weight excluding hydrogens is 633 g/mol. The highest BCUT2D eigenvalue weighted by atomic mass is 31.2. The van der Waals surface area contributed by atoms with E-state index in [4.69, 9.17) is 4.52 Å². The summed E-state index contributed by atoms with van der Waals surface area (Å²) < 4.78 is 17.5. The zero-order chi connectivity index (χ0) is 36.7. The van der Waals surface area contributed by atoms with Crippen molar-refractivity contribution in [3.05, 3.63) is 24.3 Å². The van der Waals surface area contributed by atoms with Crippen LogP contribution in [0.25, 0.3) is 0 Å². The van der Waals surface area contributed by atoms with Crippen LogP contribution in [-0.4, -0.2) is 59.1 Å². The number of allylic oxidation sites excluding steroid dienone is 4. The molecular formula is C41H79NO6P+. The smallest absolute Gasteiger partial charge is 0.328 e. The lowest BCUT2D eigenvalue weighted by Gasteiger charge is -2.37. The SMILES string of the molecule is CCCCCCCCC=CCCCCCCCC(=O)C(C[N+](C)(C)C)(OP(=O)(O)O)C(=O)CCCCCCCC=CCCCCCCCC. The minimum atomic E-state index is -5.10. The van der Waals surface area contributed by atoms with E-state index < -0.39 is 25.0 Å². The number of phosphoric acid groups is 1. The molecule has 0 saturated heterocycles. The minimum absolute atomic E-state index is 0.0796. The number of quaternary nitrogens is 1. The molecule has 0 aromatic heterocycles. The van der Waals surface area contributed by atoms with Gasteiger partial charge in [0.05, 0.1) is 21.1 Å². The Morgan fingerprint density at radius 2 is 0.816 bits per heavy atom. The average Bonchev–Trinajstić information content (AvgIpc) is 3.02. The number of phosphoric ester groups is 1. The van der Waals surface area contributed by atoms with E-state index >= 15 is 0 Å². The molecule has 0 heterocycles. The zero-order valence-electron chi connectivity index (χ0n) is 32.7. The van der Waals surface area contributed by atoms with E-state index in [0.29, 0.717) is 12.8 Å². The summed E-state index contributed by atoms with van der Waals surface area (Å²) >= 11 is 0. The van der Waals surface area contributed by atoms with E-state index in [1.165, 1.54) is 77.0 Å². The maximum Gasteiger partial charge on any atom is 0.471 e. The molecule has 8 heteroatoms. The summed E-state index contributed by atoms with van der Waals surface area (Å²) in [5.41, 5.74) is -2.13. The van der Waals surface area contributed by atoms with Gasteiger partial charge in [-0.1, -0.05) is 141 Å². The van der Waals surface area contributed by atoms with E-state index in [-0.39, 0.29) is 23.9 Å². The average molecular weight is 713 g/mol. The van der Waals surface area contributed by atoms with Gasteiger partial charge in [-0.3, -0.25) is 14.1 Å². The fraction of sp³-hybridized carbons (Fsp3) is 0.854. The lowest BCUT2D eigenvalue weighted by Crippen LogP contribution is -2.59. The fourth-order valence-corrected chi connectivity index (χ4v) is 7.12. The van der Waals surface area contributed by atoms with Gasteiger partial charge in [-0.2, -0.15) is 0 Å². The van der Waals surface area contributed by atoms with Crippen LogP contribution in [0.1, 0.15) is 194 Å². The van der Waals surface area contributed by atoms with Crippen molar-refractivity contribution < 1.29 is 32.9 Å². The van der Waals surface area contributed by atoms with Gasteiger partial charge in [-0.05, 0) is 64.2 Å². The molecule has 0 bridgehead atoms. The summed E-state index contributed by atoms with van der Waals surface area (Å²) in [5.74, 6) is -1.00. The number of unbranched alkanes of at least 4 members (excludes halogenated alkanes) is 22. The van der Waals surface area contributed by atoms with Crippen LogP contribution in [0.15, 0.2) is 24.3 Å². The number of carbonyl (C=O) groups excluding carboxylic acids is 2. The second kappa shape index (κ2) is 30.5. The molecule has 0 aliphatic carbocycles. The van der Waals surface area contributed by atoms with Gasteiger partial charge in [0.1, 0.15) is 6.54 Å². The molecule has 49 heavy (non-hydrogen) atoms. The van der Waals surface area contributed by atoms with E-state index in [9.17, 15) is 23.9 Å². The van der Waals surface area contributed by atoms with E-state index in [2.05, 4.69) is 38.2 Å². The first kappa shape index (κ1) is 47.9. The van der Waals surface area contributed by atoms with E-state index in [1.54, 1.807) is 0 Å². The van der Waals surface area contributed by atoms with Crippen molar-refractivity contribution in [3.63, 3.8) is 0 Å². The van der Waals surface area contributed by atoms with Crippen LogP contribution in [0.2, 0.25) is 0 Å². The number of carbonyl (C=O) groups is 2. The molecule has 2 N–H and O–H groups in total. The van der Waals surface area contributed by atoms with Gasteiger partial charge in [0.15, 0.2) is 11.6 Å². The summed E-state index contributed by atoms with van der Waals surface area (Å²) in [4.78, 5) is 46.9. The molecule has 0 rings (SSSR count). The Morgan fingerprint density at radius 1 is 0.531 bits per heavy atom. The molecule has 0 atom stereocenters. The van der Waals surface area contributed by atoms with Crippen molar-refractivity contribution in [1.29, 1.82) is 0 Å². The van der Waals surface area contributed by atoms with Gasteiger partial charge < -0.3 is 14.3 Å². The number of Topliss-reactive ketones (excluding diaryl/α,β-unsaturated/α-hetero) is 2. The van der Waals surface area contributed by atoms with Gasteiger partial charge in [-0.15, -0.1) is 0 Å². The van der Waals surface area contributed by atoms with Gasteiger partial charge in [0.25, 0.3) is 0 Å². The van der Waals surface area contributed by atoms with Crippen molar-refractivity contribution in [1.82, 2.24) is 0 Å². The van der Waals surface area contributed by atoms with Crippen LogP contribution in [0.4, 0.5) is 0 Å². The first-order valence-electron chi connectivity index (χ1n) is 20.3. The monoisotopic (exact) mass is 713 g/mol. The summed E-state index contributed by atoms with van der Waals surface area (Å²) in [6, 6.07) is 0. The molecule has 0 amide bonds. The quantitative estimate of drug-likeness (QED) is 0.0220. The number of hydrogen-bond acceptors (Lipinski definition) is 4. The van der Waals surface area contributed by atoms with Crippen LogP contribution in [0.3, 0.4) is 0 Å². The highest BCUT2D eigenvalue weighted by molar-refractivity contribution is 7.46. The van der Waals surface area contributed by atoms with E-state index in [1.807, 2.05) is 21.1 Å². The van der Waals surface area contributed by atoms with Crippen molar-refractivity contribution in [3.8, 4) is 0 Å². The predicted molar refractivity (Wildman–Crippen MR) is 208 cm³/mol. The van der Waals surface area contributed by atoms with Crippen LogP contribution in [-0.2, 0) is 18.7 Å². The molecule has 0 aromatic rings. The molecule has 0 aliphatic heterocycles. The van der Waals surface area contributed by atoms with Gasteiger partial charge in [-0.25, -0.2) is 4.57 Å². The topological polar surface area (TPSA) is 101 Å². The number of ketones is 2. The molecule has 288 valence electrons. The van der Waals surface area contributed by atoms with Gasteiger partial charge in [0.2, 0.25) is 5.60 Å².